The molecule has 0 saturated carbocycles. The van der Waals surface area contributed by atoms with Gasteiger partial charge in [-0.2, -0.15) is 5.10 Å². The molecule has 0 spiro atoms. The van der Waals surface area contributed by atoms with Gasteiger partial charge in [0.2, 0.25) is 0 Å². The van der Waals surface area contributed by atoms with Crippen LogP contribution < -0.4 is 14.4 Å². The number of aromatic nitrogens is 2. The quantitative estimate of drug-likeness (QED) is 0.670. The van der Waals surface area contributed by atoms with Gasteiger partial charge in [-0.1, -0.05) is 12.1 Å². The summed E-state index contributed by atoms with van der Waals surface area (Å²) in [6.07, 6.45) is 0.653. The van der Waals surface area contributed by atoms with Gasteiger partial charge in [-0.05, 0) is 26.3 Å². The standard InChI is InChI=1S/C22H32N4O4S/c1-16-21(17(2)26(23-16)19-8-13-31(27,28)15-19)25-11-9-24(10-12-25)14-18-6-5-7-20(29-3)22(18)30-4/h5-7,19H,8-15H2,1-4H3. The van der Waals surface area contributed by atoms with Crippen LogP contribution in [-0.2, 0) is 16.4 Å². The number of rotatable bonds is 6. The average Bonchev–Trinajstić information content (AvgIpc) is 3.26. The molecule has 0 bridgehead atoms. The van der Waals surface area contributed by atoms with Crippen molar-refractivity contribution in [3.05, 3.63) is 35.2 Å². The van der Waals surface area contributed by atoms with Crippen LogP contribution in [0, 0.1) is 13.8 Å². The van der Waals surface area contributed by atoms with E-state index in [2.05, 4.69) is 22.8 Å². The number of benzene rings is 1. The molecule has 0 N–H and O–H groups in total. The normalized spacial score (nSPS) is 21.4. The third-order valence-electron chi connectivity index (χ3n) is 6.41. The van der Waals surface area contributed by atoms with Crippen molar-refractivity contribution in [2.75, 3.05) is 56.8 Å². The molecule has 4 rings (SSSR count). The molecular weight excluding hydrogens is 416 g/mol. The van der Waals surface area contributed by atoms with E-state index in [0.29, 0.717) is 6.42 Å². The maximum absolute atomic E-state index is 11.9. The Balaban J connectivity index is 1.44. The van der Waals surface area contributed by atoms with E-state index in [1.54, 1.807) is 14.2 Å². The van der Waals surface area contributed by atoms with E-state index in [-0.39, 0.29) is 17.5 Å². The number of sulfone groups is 1. The molecule has 1 atom stereocenters. The lowest BCUT2D eigenvalue weighted by Crippen LogP contribution is -2.46. The Morgan fingerprint density at radius 3 is 2.45 bits per heavy atom. The second-order valence-electron chi connectivity index (χ2n) is 8.44. The Morgan fingerprint density at radius 1 is 1.10 bits per heavy atom. The van der Waals surface area contributed by atoms with Crippen LogP contribution in [0.25, 0.3) is 0 Å². The van der Waals surface area contributed by atoms with Crippen LogP contribution in [0.5, 0.6) is 11.5 Å². The lowest BCUT2D eigenvalue weighted by atomic mass is 10.1. The molecule has 2 aromatic rings. The van der Waals surface area contributed by atoms with Crippen molar-refractivity contribution in [2.45, 2.75) is 32.9 Å². The van der Waals surface area contributed by atoms with Gasteiger partial charge < -0.3 is 14.4 Å². The molecule has 1 aromatic heterocycles. The van der Waals surface area contributed by atoms with Crippen LogP contribution in [0.2, 0.25) is 0 Å². The van der Waals surface area contributed by atoms with Crippen molar-refractivity contribution >= 4 is 15.5 Å². The molecule has 0 radical (unpaired) electrons. The van der Waals surface area contributed by atoms with Crippen molar-refractivity contribution in [3.63, 3.8) is 0 Å². The zero-order valence-corrected chi connectivity index (χ0v) is 19.6. The van der Waals surface area contributed by atoms with Gasteiger partial charge >= 0.3 is 0 Å². The van der Waals surface area contributed by atoms with Crippen LogP contribution in [0.3, 0.4) is 0 Å². The Labute approximate surface area is 184 Å². The van der Waals surface area contributed by atoms with Crippen molar-refractivity contribution in [1.29, 1.82) is 0 Å². The second kappa shape index (κ2) is 8.70. The van der Waals surface area contributed by atoms with Crippen LogP contribution >= 0.6 is 0 Å². The molecule has 31 heavy (non-hydrogen) atoms. The SMILES string of the molecule is COc1cccc(CN2CCN(c3c(C)nn(C4CCS(=O)(=O)C4)c3C)CC2)c1OC. The van der Waals surface area contributed by atoms with Gasteiger partial charge in [0.1, 0.15) is 0 Å². The number of nitrogens with zero attached hydrogens (tertiary/aromatic N) is 4. The molecule has 1 unspecified atom stereocenters. The minimum atomic E-state index is -2.94. The van der Waals surface area contributed by atoms with E-state index >= 15 is 0 Å². The van der Waals surface area contributed by atoms with Crippen LogP contribution in [0.15, 0.2) is 18.2 Å². The van der Waals surface area contributed by atoms with Gasteiger partial charge in [0.05, 0.1) is 48.8 Å². The Bertz CT molecular complexity index is 1040. The van der Waals surface area contributed by atoms with Crippen molar-refractivity contribution in [2.24, 2.45) is 0 Å². The van der Waals surface area contributed by atoms with Crippen LogP contribution in [-0.4, -0.2) is 75.0 Å². The summed E-state index contributed by atoms with van der Waals surface area (Å²) in [7, 11) is 0.401. The lowest BCUT2D eigenvalue weighted by Gasteiger charge is -2.36. The predicted octanol–water partition coefficient (Wildman–Crippen LogP) is 2.20. The van der Waals surface area contributed by atoms with E-state index in [1.807, 2.05) is 23.7 Å². The first-order chi connectivity index (χ1) is 14.8. The molecule has 2 aliphatic heterocycles. The summed E-state index contributed by atoms with van der Waals surface area (Å²) < 4.78 is 36.8. The van der Waals surface area contributed by atoms with E-state index < -0.39 is 9.84 Å². The summed E-state index contributed by atoms with van der Waals surface area (Å²) >= 11 is 0. The number of ether oxygens (including phenoxy) is 2. The summed E-state index contributed by atoms with van der Waals surface area (Å²) in [5.41, 5.74) is 4.33. The molecule has 2 fully saturated rings. The molecule has 9 heteroatoms. The number of hydrogen-bond donors (Lipinski definition) is 0. The third-order valence-corrected chi connectivity index (χ3v) is 8.16. The highest BCUT2D eigenvalue weighted by Gasteiger charge is 2.32. The third kappa shape index (κ3) is 4.39. The molecule has 170 valence electrons. The number of piperazine rings is 1. The van der Waals surface area contributed by atoms with E-state index in [0.717, 1.165) is 66.9 Å². The molecule has 1 aromatic carbocycles. The molecule has 2 aliphatic rings. The van der Waals surface area contributed by atoms with Crippen molar-refractivity contribution in [1.82, 2.24) is 14.7 Å². The maximum atomic E-state index is 11.9. The first kappa shape index (κ1) is 22.0. The summed E-state index contributed by atoms with van der Waals surface area (Å²) in [6.45, 7) is 8.57. The molecule has 0 aliphatic carbocycles. The first-order valence-electron chi connectivity index (χ1n) is 10.8. The number of aryl methyl sites for hydroxylation is 1. The van der Waals surface area contributed by atoms with E-state index in [1.165, 1.54) is 0 Å². The molecular formula is C22H32N4O4S. The maximum Gasteiger partial charge on any atom is 0.165 e. The summed E-state index contributed by atoms with van der Waals surface area (Å²) in [5.74, 6) is 2.01. The fourth-order valence-electron chi connectivity index (χ4n) is 4.88. The smallest absolute Gasteiger partial charge is 0.165 e. The molecule has 2 saturated heterocycles. The van der Waals surface area contributed by atoms with Gasteiger partial charge in [-0.15, -0.1) is 0 Å². The Hall–Kier alpha value is -2.26. The number of para-hydroxylation sites is 1. The minimum absolute atomic E-state index is 0.0423. The number of methoxy groups -OCH3 is 2. The first-order valence-corrected chi connectivity index (χ1v) is 12.6. The number of anilines is 1. The average molecular weight is 449 g/mol. The molecule has 0 amide bonds. The number of hydrogen-bond acceptors (Lipinski definition) is 7. The van der Waals surface area contributed by atoms with Crippen LogP contribution in [0.1, 0.15) is 29.4 Å². The Morgan fingerprint density at radius 2 is 1.84 bits per heavy atom. The fourth-order valence-corrected chi connectivity index (χ4v) is 6.58. The topological polar surface area (TPSA) is 76.9 Å². The highest BCUT2D eigenvalue weighted by Crippen LogP contribution is 2.33. The summed E-state index contributed by atoms with van der Waals surface area (Å²) in [5, 5.41) is 4.73. The summed E-state index contributed by atoms with van der Waals surface area (Å²) in [4.78, 5) is 4.81. The van der Waals surface area contributed by atoms with Gasteiger partial charge in [0.15, 0.2) is 21.3 Å². The van der Waals surface area contributed by atoms with Gasteiger partial charge in [0.25, 0.3) is 0 Å². The molecule has 3 heterocycles. The van der Waals surface area contributed by atoms with Gasteiger partial charge in [-0.25, -0.2) is 8.42 Å². The van der Waals surface area contributed by atoms with Gasteiger partial charge in [-0.3, -0.25) is 9.58 Å². The zero-order valence-electron chi connectivity index (χ0n) is 18.8. The highest BCUT2D eigenvalue weighted by molar-refractivity contribution is 7.91. The fraction of sp³-hybridized carbons (Fsp3) is 0.591. The minimum Gasteiger partial charge on any atom is -0.493 e. The predicted molar refractivity (Wildman–Crippen MR) is 121 cm³/mol. The second-order valence-corrected chi connectivity index (χ2v) is 10.7. The van der Waals surface area contributed by atoms with E-state index in [9.17, 15) is 8.42 Å². The van der Waals surface area contributed by atoms with Crippen LogP contribution in [0.4, 0.5) is 5.69 Å². The van der Waals surface area contributed by atoms with Crippen molar-refractivity contribution < 1.29 is 17.9 Å². The Kier molecular flexibility index (Phi) is 6.16. The van der Waals surface area contributed by atoms with Gasteiger partial charge in [0, 0.05) is 38.3 Å². The van der Waals surface area contributed by atoms with E-state index in [4.69, 9.17) is 14.6 Å². The molecule has 8 nitrogen and oxygen atoms in total. The monoisotopic (exact) mass is 448 g/mol. The summed E-state index contributed by atoms with van der Waals surface area (Å²) in [6, 6.07) is 5.96. The largest absolute Gasteiger partial charge is 0.493 e. The zero-order chi connectivity index (χ0) is 22.2. The lowest BCUT2D eigenvalue weighted by molar-refractivity contribution is 0.244. The highest BCUT2D eigenvalue weighted by atomic mass is 32.2. The van der Waals surface area contributed by atoms with Crippen molar-refractivity contribution in [3.8, 4) is 11.5 Å².